The second-order valence-electron chi connectivity index (χ2n) is 5.36. The van der Waals surface area contributed by atoms with Gasteiger partial charge in [0.25, 0.3) is 5.69 Å². The second kappa shape index (κ2) is 6.84. The number of nitrogens with zero attached hydrogens (tertiary/aromatic N) is 1. The van der Waals surface area contributed by atoms with E-state index in [0.717, 1.165) is 0 Å². The van der Waals surface area contributed by atoms with Crippen LogP contribution in [0, 0.1) is 10.1 Å². The van der Waals surface area contributed by atoms with Gasteiger partial charge in [-0.05, 0) is 5.56 Å². The number of non-ortho nitro benzene ring substituents is 1. The average molecular weight is 342 g/mol. The number of ketones is 1. The number of thioether (sulfide) groups is 1. The number of carbonyl (C=O) groups excluding carboxylic acids is 2. The molecule has 1 N–H and O–H groups in total. The van der Waals surface area contributed by atoms with Crippen molar-refractivity contribution in [3.8, 4) is 0 Å². The van der Waals surface area contributed by atoms with Crippen LogP contribution in [0.25, 0.3) is 0 Å². The first kappa shape index (κ1) is 16.2. The summed E-state index contributed by atoms with van der Waals surface area (Å²) in [5.41, 5.74) is 1.23. The molecule has 6 nitrogen and oxygen atoms in total. The van der Waals surface area contributed by atoms with Crippen LogP contribution in [0.3, 0.4) is 0 Å². The maximum atomic E-state index is 12.8. The SMILES string of the molecule is O=C1CS[C@@H](C(=O)c2ccccc2)[C@H](c2ccc([N+](=O)[O-])cc2)N1. The van der Waals surface area contributed by atoms with Crippen molar-refractivity contribution in [3.05, 3.63) is 75.8 Å². The van der Waals surface area contributed by atoms with Crippen molar-refractivity contribution < 1.29 is 14.5 Å². The molecule has 1 fully saturated rings. The van der Waals surface area contributed by atoms with Crippen molar-refractivity contribution in [2.24, 2.45) is 0 Å². The molecule has 0 spiro atoms. The minimum atomic E-state index is -0.509. The fourth-order valence-electron chi connectivity index (χ4n) is 2.61. The number of Topliss-reactive ketones (excluding diaryl/α,β-unsaturated/α-hetero) is 1. The van der Waals surface area contributed by atoms with Gasteiger partial charge in [-0.25, -0.2) is 0 Å². The lowest BCUT2D eigenvalue weighted by atomic mass is 9.96. The molecule has 0 aromatic heterocycles. The summed E-state index contributed by atoms with van der Waals surface area (Å²) in [6.07, 6.45) is 0. The lowest BCUT2D eigenvalue weighted by molar-refractivity contribution is -0.384. The maximum absolute atomic E-state index is 12.8. The number of nitro groups is 1. The van der Waals surface area contributed by atoms with Crippen molar-refractivity contribution in [1.29, 1.82) is 0 Å². The van der Waals surface area contributed by atoms with Crippen molar-refractivity contribution in [2.45, 2.75) is 11.3 Å². The largest absolute Gasteiger partial charge is 0.347 e. The van der Waals surface area contributed by atoms with Gasteiger partial charge in [0, 0.05) is 17.7 Å². The molecule has 0 radical (unpaired) electrons. The number of benzene rings is 2. The minimum absolute atomic E-state index is 0.0283. The summed E-state index contributed by atoms with van der Waals surface area (Å²) in [6.45, 7) is 0. The molecule has 0 aliphatic carbocycles. The predicted molar refractivity (Wildman–Crippen MR) is 91.0 cm³/mol. The molecular formula is C17H14N2O4S. The number of nitrogens with one attached hydrogen (secondary N) is 1. The molecule has 1 aliphatic rings. The fraction of sp³-hybridized carbons (Fsp3) is 0.176. The van der Waals surface area contributed by atoms with Gasteiger partial charge < -0.3 is 5.32 Å². The molecule has 2 atom stereocenters. The van der Waals surface area contributed by atoms with Gasteiger partial charge in [0.1, 0.15) is 0 Å². The van der Waals surface area contributed by atoms with E-state index in [1.54, 1.807) is 36.4 Å². The van der Waals surface area contributed by atoms with E-state index in [2.05, 4.69) is 5.32 Å². The van der Waals surface area contributed by atoms with Crippen LogP contribution in [-0.2, 0) is 4.79 Å². The first-order valence-electron chi connectivity index (χ1n) is 7.31. The van der Waals surface area contributed by atoms with Crippen molar-refractivity contribution in [2.75, 3.05) is 5.75 Å². The van der Waals surface area contributed by atoms with Crippen LogP contribution in [0.4, 0.5) is 5.69 Å². The van der Waals surface area contributed by atoms with E-state index in [1.807, 2.05) is 6.07 Å². The highest BCUT2D eigenvalue weighted by molar-refractivity contribution is 8.01. The van der Waals surface area contributed by atoms with Crippen molar-refractivity contribution >= 4 is 29.1 Å². The first-order valence-corrected chi connectivity index (χ1v) is 8.36. The average Bonchev–Trinajstić information content (AvgIpc) is 2.62. The van der Waals surface area contributed by atoms with E-state index in [1.165, 1.54) is 23.9 Å². The van der Waals surface area contributed by atoms with E-state index >= 15 is 0 Å². The third-order valence-electron chi connectivity index (χ3n) is 3.79. The molecule has 1 aliphatic heterocycles. The Hall–Kier alpha value is -2.67. The van der Waals surface area contributed by atoms with E-state index in [-0.39, 0.29) is 23.1 Å². The molecule has 1 amide bonds. The van der Waals surface area contributed by atoms with Crippen LogP contribution in [0.5, 0.6) is 0 Å². The normalized spacial score (nSPS) is 20.2. The Morgan fingerprint density at radius 3 is 2.42 bits per heavy atom. The summed E-state index contributed by atoms with van der Waals surface area (Å²) in [4.78, 5) is 34.9. The quantitative estimate of drug-likeness (QED) is 0.524. The number of hydrogen-bond acceptors (Lipinski definition) is 5. The number of carbonyl (C=O) groups is 2. The molecule has 0 unspecified atom stereocenters. The van der Waals surface area contributed by atoms with Crippen LogP contribution in [0.1, 0.15) is 22.0 Å². The molecule has 2 aromatic rings. The van der Waals surface area contributed by atoms with E-state index < -0.39 is 16.2 Å². The van der Waals surface area contributed by atoms with Gasteiger partial charge in [0.15, 0.2) is 5.78 Å². The van der Waals surface area contributed by atoms with Crippen molar-refractivity contribution in [1.82, 2.24) is 5.32 Å². The van der Waals surface area contributed by atoms with Gasteiger partial charge in [0.2, 0.25) is 5.91 Å². The lowest BCUT2D eigenvalue weighted by Gasteiger charge is -2.31. The number of rotatable bonds is 4. The van der Waals surface area contributed by atoms with E-state index in [4.69, 9.17) is 0 Å². The number of nitro benzene ring substituents is 1. The highest BCUT2D eigenvalue weighted by atomic mass is 32.2. The van der Waals surface area contributed by atoms with Gasteiger partial charge in [-0.1, -0.05) is 42.5 Å². The lowest BCUT2D eigenvalue weighted by Crippen LogP contribution is -2.44. The van der Waals surface area contributed by atoms with E-state index in [9.17, 15) is 19.7 Å². The summed E-state index contributed by atoms with van der Waals surface area (Å²) in [5, 5.41) is 13.1. The van der Waals surface area contributed by atoms with Crippen molar-refractivity contribution in [3.63, 3.8) is 0 Å². The zero-order valence-corrected chi connectivity index (χ0v) is 13.4. The fourth-order valence-corrected chi connectivity index (χ4v) is 3.73. The summed E-state index contributed by atoms with van der Waals surface area (Å²) in [7, 11) is 0. The summed E-state index contributed by atoms with van der Waals surface area (Å²) < 4.78 is 0. The second-order valence-corrected chi connectivity index (χ2v) is 6.49. The highest BCUT2D eigenvalue weighted by Crippen LogP contribution is 2.33. The Kier molecular flexibility index (Phi) is 4.61. The molecule has 24 heavy (non-hydrogen) atoms. The van der Waals surface area contributed by atoms with Crippen LogP contribution in [0.15, 0.2) is 54.6 Å². The predicted octanol–water partition coefficient (Wildman–Crippen LogP) is 2.75. The van der Waals surface area contributed by atoms with E-state index in [0.29, 0.717) is 11.1 Å². The Bertz CT molecular complexity index is 777. The smallest absolute Gasteiger partial charge is 0.269 e. The summed E-state index contributed by atoms with van der Waals surface area (Å²) >= 11 is 1.29. The number of amides is 1. The van der Waals surface area contributed by atoms with Gasteiger partial charge in [0.05, 0.1) is 22.0 Å². The maximum Gasteiger partial charge on any atom is 0.269 e. The van der Waals surface area contributed by atoms with Crippen LogP contribution >= 0.6 is 11.8 Å². The summed E-state index contributed by atoms with van der Waals surface area (Å²) in [5.74, 6) is -0.00313. The van der Waals surface area contributed by atoms with Gasteiger partial charge >= 0.3 is 0 Å². The molecule has 7 heteroatoms. The molecule has 2 aromatic carbocycles. The molecule has 3 rings (SSSR count). The van der Waals surface area contributed by atoms with Crippen LogP contribution in [0.2, 0.25) is 0 Å². The topological polar surface area (TPSA) is 89.3 Å². The zero-order valence-electron chi connectivity index (χ0n) is 12.5. The highest BCUT2D eigenvalue weighted by Gasteiger charge is 2.36. The Labute approximate surface area is 142 Å². The van der Waals surface area contributed by atoms with Crippen LogP contribution in [-0.4, -0.2) is 27.6 Å². The first-order chi connectivity index (χ1) is 11.6. The minimum Gasteiger partial charge on any atom is -0.347 e. The third-order valence-corrected chi connectivity index (χ3v) is 5.07. The number of hydrogen-bond donors (Lipinski definition) is 1. The van der Waals surface area contributed by atoms with Gasteiger partial charge in [-0.15, -0.1) is 11.8 Å². The molecule has 1 heterocycles. The third kappa shape index (κ3) is 3.30. The standard InChI is InChI=1S/C17H14N2O4S/c20-14-10-24-17(16(21)12-4-2-1-3-5-12)15(18-14)11-6-8-13(9-7-11)19(22)23/h1-9,15,17H,10H2,(H,18,20)/t15-,17+/m0/s1. The molecule has 0 saturated carbocycles. The Balaban J connectivity index is 1.91. The van der Waals surface area contributed by atoms with Gasteiger partial charge in [-0.3, -0.25) is 19.7 Å². The molecular weight excluding hydrogens is 328 g/mol. The van der Waals surface area contributed by atoms with Gasteiger partial charge in [-0.2, -0.15) is 0 Å². The Morgan fingerprint density at radius 2 is 1.79 bits per heavy atom. The monoisotopic (exact) mass is 342 g/mol. The molecule has 0 bridgehead atoms. The zero-order chi connectivity index (χ0) is 17.1. The molecule has 1 saturated heterocycles. The Morgan fingerprint density at radius 1 is 1.12 bits per heavy atom. The van der Waals surface area contributed by atoms with Crippen LogP contribution < -0.4 is 5.32 Å². The summed E-state index contributed by atoms with van der Waals surface area (Å²) in [6, 6.07) is 14.3. The molecule has 122 valence electrons.